The summed E-state index contributed by atoms with van der Waals surface area (Å²) < 4.78 is 10.1. The van der Waals surface area contributed by atoms with Crippen LogP contribution in [0.15, 0.2) is 47.3 Å². The number of rotatable bonds is 3. The van der Waals surface area contributed by atoms with E-state index in [-0.39, 0.29) is 0 Å². The first-order valence-corrected chi connectivity index (χ1v) is 5.04. The Morgan fingerprint density at radius 2 is 1.81 bits per heavy atom. The molecule has 2 aromatic rings. The summed E-state index contributed by atoms with van der Waals surface area (Å²) in [7, 11) is 1.61. The predicted molar refractivity (Wildman–Crippen MR) is 60.4 cm³/mol. The van der Waals surface area contributed by atoms with Gasteiger partial charge in [0, 0.05) is 5.56 Å². The van der Waals surface area contributed by atoms with Crippen LogP contribution in [0.25, 0.3) is 0 Å². The summed E-state index contributed by atoms with van der Waals surface area (Å²) in [5, 5.41) is 10.4. The van der Waals surface area contributed by atoms with Crippen molar-refractivity contribution >= 4 is 0 Å². The highest BCUT2D eigenvalue weighted by atomic mass is 16.5. The first-order chi connectivity index (χ1) is 7.64. The predicted octanol–water partition coefficient (Wildman–Crippen LogP) is 2.54. The van der Waals surface area contributed by atoms with Gasteiger partial charge in [0.15, 0.2) is 0 Å². The smallest absolute Gasteiger partial charge is 0.118 e. The third-order valence-electron chi connectivity index (χ3n) is 2.74. The molecule has 1 aromatic carbocycles. The fourth-order valence-electron chi connectivity index (χ4n) is 1.62. The summed E-state index contributed by atoms with van der Waals surface area (Å²) in [6, 6.07) is 9.08. The lowest BCUT2D eigenvalue weighted by Gasteiger charge is -2.22. The minimum atomic E-state index is -1.04. The number of benzene rings is 1. The van der Waals surface area contributed by atoms with E-state index in [9.17, 15) is 5.11 Å². The molecule has 0 radical (unpaired) electrons. The molecule has 84 valence electrons. The Kier molecular flexibility index (Phi) is 2.71. The van der Waals surface area contributed by atoms with Crippen molar-refractivity contribution in [3.63, 3.8) is 0 Å². The molecule has 0 aliphatic carbocycles. The van der Waals surface area contributed by atoms with E-state index in [1.807, 2.05) is 24.3 Å². The van der Waals surface area contributed by atoms with Crippen molar-refractivity contribution in [2.24, 2.45) is 0 Å². The highest BCUT2D eigenvalue weighted by Gasteiger charge is 2.26. The van der Waals surface area contributed by atoms with Crippen LogP contribution in [0, 0.1) is 0 Å². The van der Waals surface area contributed by atoms with Crippen LogP contribution in [-0.2, 0) is 5.60 Å². The van der Waals surface area contributed by atoms with Gasteiger partial charge in [-0.15, -0.1) is 0 Å². The quantitative estimate of drug-likeness (QED) is 0.860. The van der Waals surface area contributed by atoms with Gasteiger partial charge >= 0.3 is 0 Å². The second kappa shape index (κ2) is 4.02. The molecule has 0 aliphatic heterocycles. The van der Waals surface area contributed by atoms with E-state index in [2.05, 4.69) is 0 Å². The van der Waals surface area contributed by atoms with Gasteiger partial charge in [0.25, 0.3) is 0 Å². The van der Waals surface area contributed by atoms with Crippen molar-refractivity contribution in [2.75, 3.05) is 7.11 Å². The lowest BCUT2D eigenvalue weighted by Crippen LogP contribution is -2.21. The van der Waals surface area contributed by atoms with Gasteiger partial charge in [-0.05, 0) is 30.7 Å². The van der Waals surface area contributed by atoms with Crippen LogP contribution in [0.5, 0.6) is 5.75 Å². The van der Waals surface area contributed by atoms with E-state index in [1.54, 1.807) is 32.6 Å². The Morgan fingerprint density at radius 1 is 1.12 bits per heavy atom. The number of methoxy groups -OCH3 is 1. The van der Waals surface area contributed by atoms with E-state index in [4.69, 9.17) is 9.15 Å². The van der Waals surface area contributed by atoms with Crippen molar-refractivity contribution in [1.29, 1.82) is 0 Å². The molecule has 2 rings (SSSR count). The number of ether oxygens (including phenoxy) is 1. The lowest BCUT2D eigenvalue weighted by molar-refractivity contribution is 0.101. The summed E-state index contributed by atoms with van der Waals surface area (Å²) in [4.78, 5) is 0. The van der Waals surface area contributed by atoms with Crippen LogP contribution in [-0.4, -0.2) is 12.2 Å². The first kappa shape index (κ1) is 10.8. The third-order valence-corrected chi connectivity index (χ3v) is 2.74. The normalized spacial score (nSPS) is 14.4. The lowest BCUT2D eigenvalue weighted by atomic mass is 9.90. The highest BCUT2D eigenvalue weighted by Crippen LogP contribution is 2.30. The van der Waals surface area contributed by atoms with Crippen molar-refractivity contribution in [1.82, 2.24) is 0 Å². The van der Waals surface area contributed by atoms with Gasteiger partial charge in [-0.25, -0.2) is 0 Å². The number of hydrogen-bond acceptors (Lipinski definition) is 3. The molecule has 0 saturated heterocycles. The minimum Gasteiger partial charge on any atom is -0.497 e. The molecule has 1 N–H and O–H groups in total. The Labute approximate surface area is 94.3 Å². The molecule has 3 nitrogen and oxygen atoms in total. The van der Waals surface area contributed by atoms with Crippen LogP contribution in [0.1, 0.15) is 18.1 Å². The molecular formula is C13H14O3. The maximum absolute atomic E-state index is 10.4. The second-order valence-corrected chi connectivity index (χ2v) is 3.81. The molecule has 1 unspecified atom stereocenters. The van der Waals surface area contributed by atoms with Gasteiger partial charge in [0.05, 0.1) is 19.6 Å². The van der Waals surface area contributed by atoms with Gasteiger partial charge < -0.3 is 14.3 Å². The zero-order chi connectivity index (χ0) is 11.6. The Hall–Kier alpha value is -1.74. The summed E-state index contributed by atoms with van der Waals surface area (Å²) in [5.41, 5.74) is 0.492. The van der Waals surface area contributed by atoms with Crippen LogP contribution < -0.4 is 4.74 Å². The number of furan rings is 1. The summed E-state index contributed by atoms with van der Waals surface area (Å²) >= 11 is 0. The topological polar surface area (TPSA) is 42.6 Å². The molecule has 0 bridgehead atoms. The monoisotopic (exact) mass is 218 g/mol. The van der Waals surface area contributed by atoms with Crippen LogP contribution in [0.2, 0.25) is 0 Å². The van der Waals surface area contributed by atoms with Crippen molar-refractivity contribution < 1.29 is 14.3 Å². The maximum Gasteiger partial charge on any atom is 0.118 e. The molecule has 0 fully saturated rings. The average molecular weight is 218 g/mol. The Morgan fingerprint density at radius 3 is 2.31 bits per heavy atom. The summed E-state index contributed by atoms with van der Waals surface area (Å²) in [5.74, 6) is 0.770. The fourth-order valence-corrected chi connectivity index (χ4v) is 1.62. The molecule has 1 aromatic heterocycles. The maximum atomic E-state index is 10.4. The zero-order valence-corrected chi connectivity index (χ0v) is 9.31. The third kappa shape index (κ3) is 1.82. The van der Waals surface area contributed by atoms with Crippen molar-refractivity contribution in [3.8, 4) is 5.75 Å². The Balaban J connectivity index is 2.35. The molecule has 0 saturated carbocycles. The summed E-state index contributed by atoms with van der Waals surface area (Å²) in [6.07, 6.45) is 3.09. The largest absolute Gasteiger partial charge is 0.497 e. The molecule has 16 heavy (non-hydrogen) atoms. The van der Waals surface area contributed by atoms with Gasteiger partial charge in [-0.3, -0.25) is 0 Å². The number of hydrogen-bond donors (Lipinski definition) is 1. The van der Waals surface area contributed by atoms with Crippen LogP contribution in [0.3, 0.4) is 0 Å². The van der Waals surface area contributed by atoms with Crippen LogP contribution in [0.4, 0.5) is 0 Å². The Bertz CT molecular complexity index is 441. The molecule has 0 aliphatic rings. The molecule has 1 atom stereocenters. The molecule has 0 amide bonds. The van der Waals surface area contributed by atoms with E-state index < -0.39 is 5.60 Å². The van der Waals surface area contributed by atoms with Gasteiger partial charge in [0.2, 0.25) is 0 Å². The van der Waals surface area contributed by atoms with Gasteiger partial charge in [-0.2, -0.15) is 0 Å². The minimum absolute atomic E-state index is 0.734. The van der Waals surface area contributed by atoms with E-state index in [1.165, 1.54) is 0 Å². The zero-order valence-electron chi connectivity index (χ0n) is 9.31. The van der Waals surface area contributed by atoms with Crippen molar-refractivity contribution in [2.45, 2.75) is 12.5 Å². The molecular weight excluding hydrogens is 204 g/mol. The highest BCUT2D eigenvalue weighted by molar-refractivity contribution is 5.36. The molecule has 1 heterocycles. The van der Waals surface area contributed by atoms with E-state index in [0.29, 0.717) is 0 Å². The van der Waals surface area contributed by atoms with Gasteiger partial charge in [-0.1, -0.05) is 12.1 Å². The van der Waals surface area contributed by atoms with Crippen LogP contribution >= 0.6 is 0 Å². The van der Waals surface area contributed by atoms with E-state index >= 15 is 0 Å². The second-order valence-electron chi connectivity index (χ2n) is 3.81. The standard InChI is InChI=1S/C13H14O3/c1-13(14,11-7-8-16-9-11)10-3-5-12(15-2)6-4-10/h3-9,14H,1-2H3. The molecule has 3 heteroatoms. The average Bonchev–Trinajstić information content (AvgIpc) is 2.83. The molecule has 0 spiro atoms. The SMILES string of the molecule is COc1ccc(C(C)(O)c2ccoc2)cc1. The number of aliphatic hydroxyl groups is 1. The van der Waals surface area contributed by atoms with E-state index in [0.717, 1.165) is 16.9 Å². The van der Waals surface area contributed by atoms with Crippen molar-refractivity contribution in [3.05, 3.63) is 54.0 Å². The summed E-state index contributed by atoms with van der Waals surface area (Å²) in [6.45, 7) is 1.74. The van der Waals surface area contributed by atoms with Gasteiger partial charge in [0.1, 0.15) is 11.4 Å². The first-order valence-electron chi connectivity index (χ1n) is 5.04. The fraction of sp³-hybridized carbons (Fsp3) is 0.231.